The van der Waals surface area contributed by atoms with Crippen molar-refractivity contribution in [1.29, 1.82) is 0 Å². The smallest absolute Gasteiger partial charge is 0.328 e. The summed E-state index contributed by atoms with van der Waals surface area (Å²) in [6, 6.07) is 2.02. The summed E-state index contributed by atoms with van der Waals surface area (Å²) in [7, 11) is 0. The topological polar surface area (TPSA) is 77.8 Å². The van der Waals surface area contributed by atoms with E-state index in [1.165, 1.54) is 17.4 Å². The Bertz CT molecular complexity index is 580. The molecule has 2 unspecified atom stereocenters. The van der Waals surface area contributed by atoms with Crippen molar-refractivity contribution in [3.8, 4) is 0 Å². The number of fused-ring (bicyclic) bond motifs is 2. The van der Waals surface area contributed by atoms with E-state index in [1.807, 2.05) is 4.90 Å². The summed E-state index contributed by atoms with van der Waals surface area (Å²) in [5, 5.41) is 20.2. The van der Waals surface area contributed by atoms with Gasteiger partial charge >= 0.3 is 5.97 Å². The molecule has 1 aromatic heterocycles. The molecule has 2 aliphatic heterocycles. The fourth-order valence-electron chi connectivity index (χ4n) is 3.33. The largest absolute Gasteiger partial charge is 0.478 e. The van der Waals surface area contributed by atoms with Gasteiger partial charge in [0.2, 0.25) is 0 Å². The number of hydrogen-bond acceptors (Lipinski definition) is 4. The molecule has 0 radical (unpaired) electrons. The summed E-state index contributed by atoms with van der Waals surface area (Å²) in [4.78, 5) is 25.8. The van der Waals surface area contributed by atoms with E-state index in [4.69, 9.17) is 5.11 Å². The van der Waals surface area contributed by atoms with Gasteiger partial charge in [0.25, 0.3) is 5.91 Å². The van der Waals surface area contributed by atoms with Crippen molar-refractivity contribution in [3.63, 3.8) is 0 Å². The third-order valence-corrected chi connectivity index (χ3v) is 5.10. The molecule has 2 saturated heterocycles. The lowest BCUT2D eigenvalue weighted by atomic mass is 9.99. The van der Waals surface area contributed by atoms with Gasteiger partial charge in [0.15, 0.2) is 0 Å². The molecule has 3 rings (SSSR count). The number of aliphatic carboxylic acids is 1. The van der Waals surface area contributed by atoms with Gasteiger partial charge < -0.3 is 15.1 Å². The fraction of sp³-hybridized carbons (Fsp3) is 0.467. The van der Waals surface area contributed by atoms with Crippen molar-refractivity contribution < 1.29 is 19.8 Å². The predicted octanol–water partition coefficient (Wildman–Crippen LogP) is 1.97. The molecule has 1 aromatic rings. The molecule has 3 heterocycles. The van der Waals surface area contributed by atoms with Gasteiger partial charge in [-0.1, -0.05) is 0 Å². The lowest BCUT2D eigenvalue weighted by Crippen LogP contribution is -2.47. The molecular weight excluding hydrogens is 290 g/mol. The first-order chi connectivity index (χ1) is 10.0. The number of carboxylic acid groups (broad SMARTS) is 1. The number of aliphatic hydroxyl groups is 1. The molecule has 0 aliphatic carbocycles. The van der Waals surface area contributed by atoms with E-state index in [9.17, 15) is 14.7 Å². The van der Waals surface area contributed by atoms with Gasteiger partial charge in [0.05, 0.1) is 11.7 Å². The lowest BCUT2D eigenvalue weighted by Gasteiger charge is -2.37. The van der Waals surface area contributed by atoms with Crippen LogP contribution in [0.4, 0.5) is 0 Å². The number of hydrogen-bond donors (Lipinski definition) is 2. The van der Waals surface area contributed by atoms with Crippen molar-refractivity contribution in [3.05, 3.63) is 28.0 Å². The molecule has 6 heteroatoms. The van der Waals surface area contributed by atoms with Gasteiger partial charge in [0, 0.05) is 28.4 Å². The van der Waals surface area contributed by atoms with E-state index in [1.54, 1.807) is 11.4 Å². The quantitative estimate of drug-likeness (QED) is 0.837. The van der Waals surface area contributed by atoms with Gasteiger partial charge in [-0.25, -0.2) is 4.79 Å². The van der Waals surface area contributed by atoms with Crippen molar-refractivity contribution in [2.75, 3.05) is 0 Å². The fourth-order valence-corrected chi connectivity index (χ4v) is 4.11. The van der Waals surface area contributed by atoms with Crippen LogP contribution in [0.25, 0.3) is 6.08 Å². The van der Waals surface area contributed by atoms with Gasteiger partial charge in [-0.15, -0.1) is 11.3 Å². The summed E-state index contributed by atoms with van der Waals surface area (Å²) in [5.41, 5.74) is 0.610. The molecule has 2 N–H and O–H groups in total. The van der Waals surface area contributed by atoms with Gasteiger partial charge in [-0.05, 0) is 37.8 Å². The lowest BCUT2D eigenvalue weighted by molar-refractivity contribution is -0.131. The number of amides is 1. The summed E-state index contributed by atoms with van der Waals surface area (Å²) >= 11 is 1.36. The zero-order chi connectivity index (χ0) is 15.0. The van der Waals surface area contributed by atoms with Crippen LogP contribution in [0.1, 0.15) is 40.9 Å². The highest BCUT2D eigenvalue weighted by Gasteiger charge is 2.43. The average Bonchev–Trinajstić information content (AvgIpc) is 3.00. The van der Waals surface area contributed by atoms with Crippen LogP contribution in [0.2, 0.25) is 0 Å². The Morgan fingerprint density at radius 1 is 1.29 bits per heavy atom. The van der Waals surface area contributed by atoms with Crippen molar-refractivity contribution in [1.82, 2.24) is 4.90 Å². The molecule has 2 bridgehead atoms. The average molecular weight is 307 g/mol. The molecular formula is C15H17NO4S. The number of carbonyl (C=O) groups excluding carboxylic acids is 1. The van der Waals surface area contributed by atoms with Crippen LogP contribution in [-0.2, 0) is 4.79 Å². The van der Waals surface area contributed by atoms with E-state index < -0.39 is 5.97 Å². The minimum absolute atomic E-state index is 0.000579. The minimum atomic E-state index is -1.00. The second-order valence-corrected chi connectivity index (χ2v) is 6.57. The molecule has 1 amide bonds. The minimum Gasteiger partial charge on any atom is -0.478 e. The van der Waals surface area contributed by atoms with Gasteiger partial charge in [0.1, 0.15) is 0 Å². The third-order valence-electron chi connectivity index (χ3n) is 4.20. The second-order valence-electron chi connectivity index (χ2n) is 5.63. The first-order valence-corrected chi connectivity index (χ1v) is 7.93. The number of carbonyl (C=O) groups is 2. The third kappa shape index (κ3) is 2.87. The normalized spacial score (nSPS) is 28.2. The van der Waals surface area contributed by atoms with E-state index in [2.05, 4.69) is 0 Å². The highest BCUT2D eigenvalue weighted by Crippen LogP contribution is 2.37. The molecule has 2 aliphatic rings. The first kappa shape index (κ1) is 14.3. The zero-order valence-electron chi connectivity index (χ0n) is 11.4. The summed E-state index contributed by atoms with van der Waals surface area (Å²) in [5.74, 6) is -1.00. The van der Waals surface area contributed by atoms with Gasteiger partial charge in [-0.3, -0.25) is 4.79 Å². The van der Waals surface area contributed by atoms with Crippen LogP contribution in [0.5, 0.6) is 0 Å². The summed E-state index contributed by atoms with van der Waals surface area (Å²) in [6.07, 6.45) is 5.53. The molecule has 21 heavy (non-hydrogen) atoms. The molecule has 0 aromatic carbocycles. The zero-order valence-corrected chi connectivity index (χ0v) is 12.3. The number of rotatable bonds is 3. The number of piperidine rings is 1. The Labute approximate surface area is 126 Å². The van der Waals surface area contributed by atoms with E-state index in [0.717, 1.165) is 23.8 Å². The highest BCUT2D eigenvalue weighted by atomic mass is 32.1. The summed E-state index contributed by atoms with van der Waals surface area (Å²) in [6.45, 7) is 0. The van der Waals surface area contributed by atoms with Gasteiger partial charge in [-0.2, -0.15) is 0 Å². The van der Waals surface area contributed by atoms with Crippen molar-refractivity contribution in [2.45, 2.75) is 43.9 Å². The second kappa shape index (κ2) is 5.61. The maximum Gasteiger partial charge on any atom is 0.328 e. The Balaban J connectivity index is 1.76. The summed E-state index contributed by atoms with van der Waals surface area (Å²) < 4.78 is 0. The number of thiophene rings is 1. The van der Waals surface area contributed by atoms with Crippen molar-refractivity contribution in [2.24, 2.45) is 0 Å². The molecule has 5 nitrogen and oxygen atoms in total. The molecule has 0 spiro atoms. The molecule has 112 valence electrons. The Morgan fingerprint density at radius 3 is 2.57 bits per heavy atom. The van der Waals surface area contributed by atoms with E-state index >= 15 is 0 Å². The van der Waals surface area contributed by atoms with Crippen LogP contribution in [0, 0.1) is 0 Å². The standard InChI is InChI=1S/C15H17NO4S/c17-12-6-10-1-2-11(7-12)16(10)15(20)9-5-13(21-8-9)3-4-14(18)19/h3-5,8,10-12,17H,1-2,6-7H2,(H,18,19). The molecule has 2 atom stereocenters. The Kier molecular flexibility index (Phi) is 3.82. The number of nitrogens with zero attached hydrogens (tertiary/aromatic N) is 1. The van der Waals surface area contributed by atoms with Crippen LogP contribution in [-0.4, -0.2) is 45.2 Å². The van der Waals surface area contributed by atoms with Crippen LogP contribution in [0.3, 0.4) is 0 Å². The predicted molar refractivity (Wildman–Crippen MR) is 79.2 cm³/mol. The Morgan fingerprint density at radius 2 is 1.95 bits per heavy atom. The van der Waals surface area contributed by atoms with E-state index in [0.29, 0.717) is 18.4 Å². The van der Waals surface area contributed by atoms with Crippen molar-refractivity contribution >= 4 is 29.3 Å². The van der Waals surface area contributed by atoms with E-state index in [-0.39, 0.29) is 24.1 Å². The highest BCUT2D eigenvalue weighted by molar-refractivity contribution is 7.11. The first-order valence-electron chi connectivity index (χ1n) is 7.05. The monoisotopic (exact) mass is 307 g/mol. The van der Waals surface area contributed by atoms with Crippen LogP contribution in [0.15, 0.2) is 17.5 Å². The van der Waals surface area contributed by atoms with Crippen LogP contribution < -0.4 is 0 Å². The maximum atomic E-state index is 12.6. The maximum absolute atomic E-state index is 12.6. The SMILES string of the molecule is O=C(O)C=Cc1cc(C(=O)N2C3CCC2CC(O)C3)cs1. The molecule has 0 saturated carbocycles. The van der Waals surface area contributed by atoms with Crippen LogP contribution >= 0.6 is 11.3 Å². The number of carboxylic acids is 1. The Hall–Kier alpha value is -1.66. The molecule has 2 fully saturated rings. The number of aliphatic hydroxyl groups excluding tert-OH is 1.